The van der Waals surface area contributed by atoms with Gasteiger partial charge in [-0.1, -0.05) is 30.3 Å². The third-order valence-corrected chi connectivity index (χ3v) is 3.64. The van der Waals surface area contributed by atoms with Crippen molar-refractivity contribution in [1.82, 2.24) is 5.32 Å². The van der Waals surface area contributed by atoms with Gasteiger partial charge < -0.3 is 10.1 Å². The number of thioether (sulfide) groups is 1. The lowest BCUT2D eigenvalue weighted by Gasteiger charge is -2.11. The van der Waals surface area contributed by atoms with E-state index in [1.54, 1.807) is 11.8 Å². The molecule has 0 unspecified atom stereocenters. The Morgan fingerprint density at radius 3 is 2.47 bits per heavy atom. The third kappa shape index (κ3) is 4.01. The van der Waals surface area contributed by atoms with Crippen molar-refractivity contribution in [1.29, 1.82) is 0 Å². The molecule has 19 heavy (non-hydrogen) atoms. The second-order valence-corrected chi connectivity index (χ2v) is 5.15. The molecule has 2 aromatic carbocycles. The Kier molecular flexibility index (Phi) is 5.31. The van der Waals surface area contributed by atoms with Gasteiger partial charge in [-0.3, -0.25) is 0 Å². The van der Waals surface area contributed by atoms with E-state index in [1.807, 2.05) is 25.2 Å². The number of benzene rings is 2. The van der Waals surface area contributed by atoms with Crippen molar-refractivity contribution in [3.63, 3.8) is 0 Å². The molecule has 0 aromatic heterocycles. The lowest BCUT2D eigenvalue weighted by atomic mass is 10.2. The van der Waals surface area contributed by atoms with Gasteiger partial charge in [-0.2, -0.15) is 0 Å². The van der Waals surface area contributed by atoms with E-state index in [2.05, 4.69) is 41.9 Å². The number of hydrogen-bond donors (Lipinski definition) is 1. The summed E-state index contributed by atoms with van der Waals surface area (Å²) in [5.41, 5.74) is 2.38. The fourth-order valence-corrected chi connectivity index (χ4v) is 2.27. The van der Waals surface area contributed by atoms with Crippen LogP contribution in [-0.4, -0.2) is 13.3 Å². The molecule has 0 aliphatic rings. The Morgan fingerprint density at radius 1 is 1.05 bits per heavy atom. The van der Waals surface area contributed by atoms with Crippen LogP contribution in [0.15, 0.2) is 53.4 Å². The van der Waals surface area contributed by atoms with E-state index >= 15 is 0 Å². The Bertz CT molecular complexity index is 510. The van der Waals surface area contributed by atoms with Crippen molar-refractivity contribution < 1.29 is 4.74 Å². The SMILES string of the molecule is CNCc1ccccc1OCc1ccc(SC)cc1. The monoisotopic (exact) mass is 273 g/mol. The summed E-state index contributed by atoms with van der Waals surface area (Å²) in [6.45, 7) is 1.43. The predicted octanol–water partition coefficient (Wildman–Crippen LogP) is 3.71. The first kappa shape index (κ1) is 14.0. The van der Waals surface area contributed by atoms with Gasteiger partial charge in [0, 0.05) is 17.0 Å². The summed E-state index contributed by atoms with van der Waals surface area (Å²) in [5, 5.41) is 3.15. The summed E-state index contributed by atoms with van der Waals surface area (Å²) in [6.07, 6.45) is 2.08. The Hall–Kier alpha value is -1.45. The Labute approximate surface area is 119 Å². The minimum atomic E-state index is 0.607. The molecule has 3 heteroatoms. The van der Waals surface area contributed by atoms with Crippen LogP contribution in [0.5, 0.6) is 5.75 Å². The maximum Gasteiger partial charge on any atom is 0.124 e. The minimum Gasteiger partial charge on any atom is -0.489 e. The normalized spacial score (nSPS) is 10.4. The van der Waals surface area contributed by atoms with Gasteiger partial charge in [-0.25, -0.2) is 0 Å². The topological polar surface area (TPSA) is 21.3 Å². The first-order valence-electron chi connectivity index (χ1n) is 6.31. The smallest absolute Gasteiger partial charge is 0.124 e. The molecular formula is C16H19NOS. The molecule has 0 fully saturated rings. The van der Waals surface area contributed by atoms with Gasteiger partial charge >= 0.3 is 0 Å². The van der Waals surface area contributed by atoms with E-state index < -0.39 is 0 Å². The molecule has 0 heterocycles. The molecule has 1 N–H and O–H groups in total. The van der Waals surface area contributed by atoms with E-state index in [4.69, 9.17) is 4.74 Å². The van der Waals surface area contributed by atoms with Crippen LogP contribution in [0.25, 0.3) is 0 Å². The summed E-state index contributed by atoms with van der Waals surface area (Å²) in [4.78, 5) is 1.28. The second kappa shape index (κ2) is 7.22. The Morgan fingerprint density at radius 2 is 1.79 bits per heavy atom. The van der Waals surface area contributed by atoms with E-state index in [-0.39, 0.29) is 0 Å². The number of para-hydroxylation sites is 1. The van der Waals surface area contributed by atoms with Crippen LogP contribution < -0.4 is 10.1 Å². The molecule has 0 amide bonds. The van der Waals surface area contributed by atoms with Crippen LogP contribution in [0.2, 0.25) is 0 Å². The van der Waals surface area contributed by atoms with E-state index in [1.165, 1.54) is 16.0 Å². The zero-order valence-electron chi connectivity index (χ0n) is 11.3. The third-order valence-electron chi connectivity index (χ3n) is 2.89. The quantitative estimate of drug-likeness (QED) is 0.811. The molecule has 2 rings (SSSR count). The Balaban J connectivity index is 2.01. The molecule has 0 aliphatic heterocycles. The lowest BCUT2D eigenvalue weighted by molar-refractivity contribution is 0.302. The van der Waals surface area contributed by atoms with E-state index in [0.717, 1.165) is 12.3 Å². The molecule has 0 radical (unpaired) electrons. The molecule has 2 aromatic rings. The first-order valence-corrected chi connectivity index (χ1v) is 7.54. The summed E-state index contributed by atoms with van der Waals surface area (Å²) in [5.74, 6) is 0.950. The van der Waals surface area contributed by atoms with Crippen molar-refractivity contribution in [3.8, 4) is 5.75 Å². The van der Waals surface area contributed by atoms with E-state index in [9.17, 15) is 0 Å². The first-order chi connectivity index (χ1) is 9.33. The highest BCUT2D eigenvalue weighted by Gasteiger charge is 2.02. The standard InChI is InChI=1S/C16H19NOS/c1-17-11-14-5-3-4-6-16(14)18-12-13-7-9-15(19-2)10-8-13/h3-10,17H,11-12H2,1-2H3. The van der Waals surface area contributed by atoms with Crippen LogP contribution in [0.3, 0.4) is 0 Å². The van der Waals surface area contributed by atoms with Crippen LogP contribution in [0.1, 0.15) is 11.1 Å². The zero-order valence-corrected chi connectivity index (χ0v) is 12.2. The second-order valence-electron chi connectivity index (χ2n) is 4.27. The van der Waals surface area contributed by atoms with Crippen molar-refractivity contribution in [2.24, 2.45) is 0 Å². The van der Waals surface area contributed by atoms with E-state index in [0.29, 0.717) is 6.61 Å². The van der Waals surface area contributed by atoms with Gasteiger partial charge in [0.2, 0.25) is 0 Å². The largest absolute Gasteiger partial charge is 0.489 e. The average molecular weight is 273 g/mol. The minimum absolute atomic E-state index is 0.607. The highest BCUT2D eigenvalue weighted by molar-refractivity contribution is 7.98. The molecule has 0 bridgehead atoms. The van der Waals surface area contributed by atoms with Crippen LogP contribution in [0, 0.1) is 0 Å². The maximum absolute atomic E-state index is 5.90. The zero-order chi connectivity index (χ0) is 13.5. The van der Waals surface area contributed by atoms with Crippen LogP contribution in [0.4, 0.5) is 0 Å². The molecular weight excluding hydrogens is 254 g/mol. The van der Waals surface area contributed by atoms with Crippen LogP contribution >= 0.6 is 11.8 Å². The van der Waals surface area contributed by atoms with Gasteiger partial charge in [-0.15, -0.1) is 11.8 Å². The molecule has 0 atom stereocenters. The van der Waals surface area contributed by atoms with Gasteiger partial charge in [0.1, 0.15) is 12.4 Å². The fraction of sp³-hybridized carbons (Fsp3) is 0.250. The van der Waals surface area contributed by atoms with Gasteiger partial charge in [0.05, 0.1) is 0 Å². The summed E-state index contributed by atoms with van der Waals surface area (Å²) >= 11 is 1.75. The number of rotatable bonds is 6. The molecule has 100 valence electrons. The summed E-state index contributed by atoms with van der Waals surface area (Å²) in [6, 6.07) is 16.6. The maximum atomic E-state index is 5.90. The van der Waals surface area contributed by atoms with Crippen molar-refractivity contribution in [2.75, 3.05) is 13.3 Å². The van der Waals surface area contributed by atoms with Crippen LogP contribution in [-0.2, 0) is 13.2 Å². The number of ether oxygens (including phenoxy) is 1. The molecule has 0 spiro atoms. The number of hydrogen-bond acceptors (Lipinski definition) is 3. The van der Waals surface area contributed by atoms with Crippen molar-refractivity contribution >= 4 is 11.8 Å². The van der Waals surface area contributed by atoms with Crippen molar-refractivity contribution in [3.05, 3.63) is 59.7 Å². The molecule has 0 aliphatic carbocycles. The number of nitrogens with one attached hydrogen (secondary N) is 1. The highest BCUT2D eigenvalue weighted by atomic mass is 32.2. The summed E-state index contributed by atoms with van der Waals surface area (Å²) in [7, 11) is 1.94. The average Bonchev–Trinajstić information content (AvgIpc) is 2.47. The van der Waals surface area contributed by atoms with Gasteiger partial charge in [0.15, 0.2) is 0 Å². The predicted molar refractivity (Wildman–Crippen MR) is 81.8 cm³/mol. The summed E-state index contributed by atoms with van der Waals surface area (Å²) < 4.78 is 5.90. The van der Waals surface area contributed by atoms with Crippen molar-refractivity contribution in [2.45, 2.75) is 18.0 Å². The lowest BCUT2D eigenvalue weighted by Crippen LogP contribution is -2.07. The van der Waals surface area contributed by atoms with Gasteiger partial charge in [0.25, 0.3) is 0 Å². The molecule has 2 nitrogen and oxygen atoms in total. The highest BCUT2D eigenvalue weighted by Crippen LogP contribution is 2.20. The van der Waals surface area contributed by atoms with Gasteiger partial charge in [-0.05, 0) is 37.1 Å². The molecule has 0 saturated heterocycles. The fourth-order valence-electron chi connectivity index (χ4n) is 1.86. The molecule has 0 saturated carbocycles.